The third-order valence-electron chi connectivity index (χ3n) is 4.77. The van der Waals surface area contributed by atoms with Crippen molar-refractivity contribution in [2.45, 2.75) is 52.7 Å². The van der Waals surface area contributed by atoms with Crippen molar-refractivity contribution in [3.05, 3.63) is 35.9 Å². The molecule has 0 aromatic heterocycles. The fourth-order valence-corrected chi connectivity index (χ4v) is 3.34. The van der Waals surface area contributed by atoms with E-state index in [4.69, 9.17) is 14.2 Å². The Balaban J connectivity index is 2.20. The second kappa shape index (κ2) is 9.39. The van der Waals surface area contributed by atoms with Crippen LogP contribution in [0.15, 0.2) is 30.3 Å². The fraction of sp³-hybridized carbons (Fsp3) is 0.591. The van der Waals surface area contributed by atoms with Gasteiger partial charge in [0.05, 0.1) is 19.3 Å². The van der Waals surface area contributed by atoms with Gasteiger partial charge >= 0.3 is 11.9 Å². The second-order valence-corrected chi connectivity index (χ2v) is 8.37. The molecule has 2 atom stereocenters. The largest absolute Gasteiger partial charge is 0.464 e. The molecule has 1 saturated heterocycles. The number of hydrogen-bond acceptors (Lipinski definition) is 6. The number of ether oxygens (including phenoxy) is 3. The Hall–Kier alpha value is -2.41. The first-order valence-electron chi connectivity index (χ1n) is 9.89. The minimum atomic E-state index is -1.17. The Labute approximate surface area is 172 Å². The molecule has 0 unspecified atom stereocenters. The van der Waals surface area contributed by atoms with Crippen molar-refractivity contribution < 1.29 is 28.6 Å². The molecule has 0 bridgehead atoms. The van der Waals surface area contributed by atoms with E-state index >= 15 is 0 Å². The van der Waals surface area contributed by atoms with E-state index in [2.05, 4.69) is 0 Å². The van der Waals surface area contributed by atoms with Crippen LogP contribution in [-0.2, 0) is 28.6 Å². The number of carbonyl (C=O) groups excluding carboxylic acids is 3. The lowest BCUT2D eigenvalue weighted by Crippen LogP contribution is -2.44. The van der Waals surface area contributed by atoms with Crippen LogP contribution in [0.5, 0.6) is 0 Å². The normalized spacial score (nSPS) is 20.4. The van der Waals surface area contributed by atoms with E-state index in [1.807, 2.05) is 37.3 Å². The summed E-state index contributed by atoms with van der Waals surface area (Å²) in [5.41, 5.74) is -0.889. The van der Waals surface area contributed by atoms with Crippen LogP contribution >= 0.6 is 0 Å². The van der Waals surface area contributed by atoms with Crippen LogP contribution in [0.1, 0.15) is 52.6 Å². The highest BCUT2D eigenvalue weighted by Gasteiger charge is 2.52. The lowest BCUT2D eigenvalue weighted by Gasteiger charge is -2.32. The van der Waals surface area contributed by atoms with Crippen molar-refractivity contribution in [1.82, 2.24) is 4.90 Å². The summed E-state index contributed by atoms with van der Waals surface area (Å²) in [5.74, 6) is -1.15. The molecule has 29 heavy (non-hydrogen) atoms. The van der Waals surface area contributed by atoms with Gasteiger partial charge in [-0.15, -0.1) is 0 Å². The zero-order valence-corrected chi connectivity index (χ0v) is 17.9. The van der Waals surface area contributed by atoms with Gasteiger partial charge in [-0.25, -0.2) is 4.79 Å². The summed E-state index contributed by atoms with van der Waals surface area (Å²) in [7, 11) is 0. The summed E-state index contributed by atoms with van der Waals surface area (Å²) in [5, 5.41) is 0. The molecular formula is C22H31NO6. The monoisotopic (exact) mass is 405 g/mol. The Morgan fingerprint density at radius 1 is 1.21 bits per heavy atom. The van der Waals surface area contributed by atoms with Gasteiger partial charge in [0, 0.05) is 13.0 Å². The summed E-state index contributed by atoms with van der Waals surface area (Å²) >= 11 is 0. The maximum absolute atomic E-state index is 13.0. The maximum Gasteiger partial charge on any atom is 0.332 e. The summed E-state index contributed by atoms with van der Waals surface area (Å²) in [6.07, 6.45) is -0.0259. The smallest absolute Gasteiger partial charge is 0.332 e. The first kappa shape index (κ1) is 22.9. The summed E-state index contributed by atoms with van der Waals surface area (Å²) in [6.45, 7) is 9.01. The summed E-state index contributed by atoms with van der Waals surface area (Å²) in [4.78, 5) is 39.2. The number of esters is 2. The molecule has 0 saturated carbocycles. The standard InChI is InChI=1S/C22H31NO6/c1-6-28-19(25)13-27-15-22(20(26)29-21(3,4)5)12-18(24)23(14-22)16(2)17-10-8-7-9-11-17/h7-11,16H,6,12-15H2,1-5H3/t16-,22+/m1/s1. The number of hydrogen-bond donors (Lipinski definition) is 0. The highest BCUT2D eigenvalue weighted by Crippen LogP contribution is 2.39. The molecule has 1 aromatic carbocycles. The first-order valence-corrected chi connectivity index (χ1v) is 9.89. The van der Waals surface area contributed by atoms with Gasteiger partial charge in [0.2, 0.25) is 5.91 Å². The van der Waals surface area contributed by atoms with E-state index in [1.54, 1.807) is 32.6 Å². The number of nitrogens with zero attached hydrogens (tertiary/aromatic N) is 1. The average molecular weight is 405 g/mol. The van der Waals surface area contributed by atoms with Gasteiger partial charge in [-0.2, -0.15) is 0 Å². The topological polar surface area (TPSA) is 82.1 Å². The Morgan fingerprint density at radius 2 is 1.86 bits per heavy atom. The van der Waals surface area contributed by atoms with Crippen molar-refractivity contribution in [3.63, 3.8) is 0 Å². The molecule has 0 aliphatic carbocycles. The van der Waals surface area contributed by atoms with Crippen molar-refractivity contribution in [2.24, 2.45) is 5.41 Å². The number of likely N-dealkylation sites (tertiary alicyclic amines) is 1. The van der Waals surface area contributed by atoms with Crippen LogP contribution < -0.4 is 0 Å². The minimum Gasteiger partial charge on any atom is -0.464 e. The zero-order valence-electron chi connectivity index (χ0n) is 17.9. The van der Waals surface area contributed by atoms with Crippen LogP contribution in [0.2, 0.25) is 0 Å². The predicted molar refractivity (Wildman–Crippen MR) is 107 cm³/mol. The van der Waals surface area contributed by atoms with Crippen molar-refractivity contribution in [2.75, 3.05) is 26.4 Å². The molecule has 160 valence electrons. The summed E-state index contributed by atoms with van der Waals surface area (Å²) in [6, 6.07) is 9.44. The van der Waals surface area contributed by atoms with Crippen molar-refractivity contribution >= 4 is 17.8 Å². The molecule has 1 amide bonds. The minimum absolute atomic E-state index is 0.0259. The third kappa shape index (κ3) is 6.03. The molecule has 7 heteroatoms. The van der Waals surface area contributed by atoms with Crippen LogP contribution in [0.3, 0.4) is 0 Å². The lowest BCUT2D eigenvalue weighted by atomic mass is 9.87. The first-order chi connectivity index (χ1) is 13.6. The van der Waals surface area contributed by atoms with Gasteiger partial charge in [-0.3, -0.25) is 9.59 Å². The summed E-state index contributed by atoms with van der Waals surface area (Å²) < 4.78 is 16.0. The Kier molecular flexibility index (Phi) is 7.41. The quantitative estimate of drug-likeness (QED) is 0.619. The van der Waals surface area contributed by atoms with E-state index in [0.717, 1.165) is 5.56 Å². The van der Waals surface area contributed by atoms with Gasteiger partial charge < -0.3 is 19.1 Å². The third-order valence-corrected chi connectivity index (χ3v) is 4.77. The zero-order chi connectivity index (χ0) is 21.7. The maximum atomic E-state index is 13.0. The SMILES string of the molecule is CCOC(=O)COC[C@]1(C(=O)OC(C)(C)C)CC(=O)N([C@H](C)c2ccccc2)C1. The molecule has 1 aliphatic heterocycles. The fourth-order valence-electron chi connectivity index (χ4n) is 3.34. The van der Waals surface area contributed by atoms with E-state index in [1.165, 1.54) is 0 Å². The van der Waals surface area contributed by atoms with Crippen molar-refractivity contribution in [3.8, 4) is 0 Å². The second-order valence-electron chi connectivity index (χ2n) is 8.37. The highest BCUT2D eigenvalue weighted by atomic mass is 16.6. The molecule has 2 rings (SSSR count). The molecule has 1 heterocycles. The van der Waals surface area contributed by atoms with E-state index < -0.39 is 23.0 Å². The van der Waals surface area contributed by atoms with Crippen LogP contribution in [0.4, 0.5) is 0 Å². The van der Waals surface area contributed by atoms with Crippen LogP contribution in [-0.4, -0.2) is 54.7 Å². The van der Waals surface area contributed by atoms with Crippen molar-refractivity contribution in [1.29, 1.82) is 0 Å². The number of amides is 1. The van der Waals surface area contributed by atoms with Crippen LogP contribution in [0.25, 0.3) is 0 Å². The van der Waals surface area contributed by atoms with E-state index in [9.17, 15) is 14.4 Å². The molecule has 0 spiro atoms. The molecule has 1 aliphatic rings. The highest BCUT2D eigenvalue weighted by molar-refractivity contribution is 5.90. The Bertz CT molecular complexity index is 727. The lowest BCUT2D eigenvalue weighted by molar-refractivity contribution is -0.173. The van der Waals surface area contributed by atoms with Gasteiger partial charge in [0.1, 0.15) is 17.6 Å². The van der Waals surface area contributed by atoms with Gasteiger partial charge in [-0.1, -0.05) is 30.3 Å². The average Bonchev–Trinajstić information content (AvgIpc) is 2.98. The molecular weight excluding hydrogens is 374 g/mol. The molecule has 7 nitrogen and oxygen atoms in total. The Morgan fingerprint density at radius 3 is 2.45 bits per heavy atom. The molecule has 1 fully saturated rings. The number of benzene rings is 1. The van der Waals surface area contributed by atoms with Crippen LogP contribution in [0, 0.1) is 5.41 Å². The number of carbonyl (C=O) groups is 3. The van der Waals surface area contributed by atoms with E-state index in [0.29, 0.717) is 0 Å². The van der Waals surface area contributed by atoms with E-state index in [-0.39, 0.29) is 44.7 Å². The van der Waals surface area contributed by atoms with Gasteiger partial charge in [0.15, 0.2) is 0 Å². The van der Waals surface area contributed by atoms with Gasteiger partial charge in [0.25, 0.3) is 0 Å². The predicted octanol–water partition coefficient (Wildman–Crippen LogP) is 2.89. The molecule has 0 radical (unpaired) electrons. The molecule has 1 aromatic rings. The number of rotatable bonds is 8. The van der Waals surface area contributed by atoms with Gasteiger partial charge in [-0.05, 0) is 40.2 Å². The molecule has 0 N–H and O–H groups in total.